The summed E-state index contributed by atoms with van der Waals surface area (Å²) in [5.41, 5.74) is 1.37. The van der Waals surface area contributed by atoms with Gasteiger partial charge in [0.15, 0.2) is 0 Å². The Kier molecular flexibility index (Phi) is 4.06. The van der Waals surface area contributed by atoms with E-state index in [0.717, 1.165) is 18.8 Å². The summed E-state index contributed by atoms with van der Waals surface area (Å²) in [5.74, 6) is 2.35. The number of ether oxygens (including phenoxy) is 1. The molecule has 0 bridgehead atoms. The number of hydrogen-bond acceptors (Lipinski definition) is 2. The Labute approximate surface area is 104 Å². The molecule has 0 amide bonds. The molecule has 1 heterocycles. The summed E-state index contributed by atoms with van der Waals surface area (Å²) in [6.07, 6.45) is 2.33. The van der Waals surface area contributed by atoms with Gasteiger partial charge in [0.1, 0.15) is 5.75 Å². The van der Waals surface area contributed by atoms with Crippen molar-refractivity contribution in [2.75, 3.05) is 13.7 Å². The fourth-order valence-electron chi connectivity index (χ4n) is 2.88. The van der Waals surface area contributed by atoms with Crippen molar-refractivity contribution in [2.45, 2.75) is 38.6 Å². The van der Waals surface area contributed by atoms with Crippen LogP contribution in [0.15, 0.2) is 24.3 Å². The van der Waals surface area contributed by atoms with E-state index in [1.54, 1.807) is 0 Å². The molecule has 0 radical (unpaired) electrons. The molecule has 0 saturated heterocycles. The van der Waals surface area contributed by atoms with Crippen LogP contribution >= 0.6 is 0 Å². The first-order chi connectivity index (χ1) is 8.27. The topological polar surface area (TPSA) is 21.3 Å². The Balaban J connectivity index is 2.27. The van der Waals surface area contributed by atoms with Crippen molar-refractivity contribution < 1.29 is 4.74 Å². The number of para-hydroxylation sites is 1. The van der Waals surface area contributed by atoms with Gasteiger partial charge in [0, 0.05) is 12.0 Å². The summed E-state index contributed by atoms with van der Waals surface area (Å²) in [6, 6.07) is 9.02. The number of rotatable bonds is 4. The highest BCUT2D eigenvalue weighted by Crippen LogP contribution is 2.37. The first-order valence-corrected chi connectivity index (χ1v) is 6.67. The maximum atomic E-state index is 5.73. The molecule has 0 saturated carbocycles. The predicted molar refractivity (Wildman–Crippen MR) is 71.6 cm³/mol. The molecule has 1 aliphatic heterocycles. The highest BCUT2D eigenvalue weighted by Gasteiger charge is 2.30. The fraction of sp³-hybridized carbons (Fsp3) is 0.600. The van der Waals surface area contributed by atoms with Crippen molar-refractivity contribution >= 4 is 0 Å². The van der Waals surface area contributed by atoms with Gasteiger partial charge in [0.2, 0.25) is 0 Å². The minimum atomic E-state index is 0.546. The zero-order valence-corrected chi connectivity index (χ0v) is 11.1. The summed E-state index contributed by atoms with van der Waals surface area (Å²) in [6.45, 7) is 5.44. The zero-order chi connectivity index (χ0) is 12.3. The van der Waals surface area contributed by atoms with Crippen LogP contribution in [0.4, 0.5) is 0 Å². The molecule has 1 aromatic rings. The van der Waals surface area contributed by atoms with Crippen molar-refractivity contribution in [3.05, 3.63) is 29.8 Å². The zero-order valence-electron chi connectivity index (χ0n) is 11.1. The maximum absolute atomic E-state index is 5.73. The molecule has 3 unspecified atom stereocenters. The van der Waals surface area contributed by atoms with Gasteiger partial charge in [-0.3, -0.25) is 0 Å². The summed E-state index contributed by atoms with van der Waals surface area (Å²) < 4.78 is 5.73. The van der Waals surface area contributed by atoms with Crippen LogP contribution in [0.2, 0.25) is 0 Å². The van der Waals surface area contributed by atoms with Crippen LogP contribution in [0.25, 0.3) is 0 Å². The van der Waals surface area contributed by atoms with Crippen molar-refractivity contribution in [1.29, 1.82) is 0 Å². The van der Waals surface area contributed by atoms with Crippen LogP contribution in [0.5, 0.6) is 5.75 Å². The lowest BCUT2D eigenvalue weighted by Crippen LogP contribution is -2.39. The van der Waals surface area contributed by atoms with Gasteiger partial charge in [0.05, 0.1) is 6.61 Å². The van der Waals surface area contributed by atoms with Crippen LogP contribution in [-0.4, -0.2) is 19.7 Å². The van der Waals surface area contributed by atoms with Crippen molar-refractivity contribution in [3.8, 4) is 5.75 Å². The third-order valence-corrected chi connectivity index (χ3v) is 4.03. The minimum Gasteiger partial charge on any atom is -0.493 e. The van der Waals surface area contributed by atoms with Crippen molar-refractivity contribution in [1.82, 2.24) is 5.32 Å². The van der Waals surface area contributed by atoms with Crippen molar-refractivity contribution in [3.63, 3.8) is 0 Å². The van der Waals surface area contributed by atoms with E-state index in [-0.39, 0.29) is 0 Å². The SMILES string of the molecule is CCC(C)C(NC)C1CCOc2ccccc21. The van der Waals surface area contributed by atoms with E-state index in [1.807, 2.05) is 0 Å². The lowest BCUT2D eigenvalue weighted by molar-refractivity contribution is 0.225. The van der Waals surface area contributed by atoms with Crippen LogP contribution in [-0.2, 0) is 0 Å². The molecule has 2 heteroatoms. The quantitative estimate of drug-likeness (QED) is 0.862. The Morgan fingerprint density at radius 3 is 2.88 bits per heavy atom. The second-order valence-electron chi connectivity index (χ2n) is 4.98. The molecule has 94 valence electrons. The number of likely N-dealkylation sites (N-methyl/N-ethyl adjacent to an activating group) is 1. The molecule has 0 fully saturated rings. The van der Waals surface area contributed by atoms with Gasteiger partial charge in [-0.15, -0.1) is 0 Å². The fourth-order valence-corrected chi connectivity index (χ4v) is 2.88. The van der Waals surface area contributed by atoms with E-state index >= 15 is 0 Å². The van der Waals surface area contributed by atoms with Crippen LogP contribution in [0, 0.1) is 5.92 Å². The van der Waals surface area contributed by atoms with Gasteiger partial charge < -0.3 is 10.1 Å². The third-order valence-electron chi connectivity index (χ3n) is 4.03. The molecule has 1 aromatic carbocycles. The molecule has 0 spiro atoms. The smallest absolute Gasteiger partial charge is 0.122 e. The van der Waals surface area contributed by atoms with E-state index < -0.39 is 0 Å². The van der Waals surface area contributed by atoms with Gasteiger partial charge in [-0.05, 0) is 31.0 Å². The molecule has 17 heavy (non-hydrogen) atoms. The Hall–Kier alpha value is -1.02. The maximum Gasteiger partial charge on any atom is 0.122 e. The number of hydrogen-bond donors (Lipinski definition) is 1. The van der Waals surface area contributed by atoms with Gasteiger partial charge >= 0.3 is 0 Å². The lowest BCUT2D eigenvalue weighted by atomic mass is 9.80. The monoisotopic (exact) mass is 233 g/mol. The summed E-state index contributed by atoms with van der Waals surface area (Å²) in [4.78, 5) is 0. The number of nitrogens with one attached hydrogen (secondary N) is 1. The molecule has 3 atom stereocenters. The second-order valence-corrected chi connectivity index (χ2v) is 4.98. The van der Waals surface area contributed by atoms with E-state index in [0.29, 0.717) is 17.9 Å². The second kappa shape index (κ2) is 5.54. The highest BCUT2D eigenvalue weighted by atomic mass is 16.5. The largest absolute Gasteiger partial charge is 0.493 e. The molecular weight excluding hydrogens is 210 g/mol. The normalized spacial score (nSPS) is 22.4. The minimum absolute atomic E-state index is 0.546. The Morgan fingerprint density at radius 1 is 1.41 bits per heavy atom. The predicted octanol–water partition coefficient (Wildman–Crippen LogP) is 3.19. The third kappa shape index (κ3) is 2.47. The lowest BCUT2D eigenvalue weighted by Gasteiger charge is -2.35. The Bertz CT molecular complexity index is 364. The average molecular weight is 233 g/mol. The van der Waals surface area contributed by atoms with Crippen LogP contribution < -0.4 is 10.1 Å². The number of benzene rings is 1. The molecule has 2 rings (SSSR count). The van der Waals surface area contributed by atoms with E-state index in [4.69, 9.17) is 4.74 Å². The molecule has 0 aromatic heterocycles. The van der Waals surface area contributed by atoms with E-state index in [9.17, 15) is 0 Å². The molecule has 0 aliphatic carbocycles. The van der Waals surface area contributed by atoms with Gasteiger partial charge in [0.25, 0.3) is 0 Å². The van der Waals surface area contributed by atoms with Crippen LogP contribution in [0.1, 0.15) is 38.2 Å². The molecule has 1 aliphatic rings. The van der Waals surface area contributed by atoms with Gasteiger partial charge in [-0.25, -0.2) is 0 Å². The molecule has 2 nitrogen and oxygen atoms in total. The molecule has 1 N–H and O–H groups in total. The van der Waals surface area contributed by atoms with Crippen molar-refractivity contribution in [2.24, 2.45) is 5.92 Å². The van der Waals surface area contributed by atoms with Gasteiger partial charge in [-0.1, -0.05) is 38.5 Å². The average Bonchev–Trinajstić information content (AvgIpc) is 2.39. The first-order valence-electron chi connectivity index (χ1n) is 6.67. The highest BCUT2D eigenvalue weighted by molar-refractivity contribution is 5.38. The van der Waals surface area contributed by atoms with Crippen LogP contribution in [0.3, 0.4) is 0 Å². The summed E-state index contributed by atoms with van der Waals surface area (Å²) >= 11 is 0. The van der Waals surface area contributed by atoms with Gasteiger partial charge in [-0.2, -0.15) is 0 Å². The molecular formula is C15H23NO. The first kappa shape index (κ1) is 12.4. The van der Waals surface area contributed by atoms with E-state index in [2.05, 4.69) is 50.5 Å². The van der Waals surface area contributed by atoms with E-state index in [1.165, 1.54) is 12.0 Å². The summed E-state index contributed by atoms with van der Waals surface area (Å²) in [5, 5.41) is 3.51. The summed E-state index contributed by atoms with van der Waals surface area (Å²) in [7, 11) is 2.08. The number of fused-ring (bicyclic) bond motifs is 1. The Morgan fingerprint density at radius 2 is 2.18 bits per heavy atom. The standard InChI is InChI=1S/C15H23NO/c1-4-11(2)15(16-3)13-9-10-17-14-8-6-5-7-12(13)14/h5-8,11,13,15-16H,4,9-10H2,1-3H3.